The van der Waals surface area contributed by atoms with E-state index in [-0.39, 0.29) is 29.0 Å². The van der Waals surface area contributed by atoms with Crippen LogP contribution < -0.4 is 15.5 Å². The second-order valence-corrected chi connectivity index (χ2v) is 15.1. The second-order valence-electron chi connectivity index (χ2n) is 15.1. The highest BCUT2D eigenvalue weighted by molar-refractivity contribution is 5.86. The molecule has 1 atom stereocenters. The lowest BCUT2D eigenvalue weighted by atomic mass is 9.78. The molecule has 0 aromatic heterocycles. The summed E-state index contributed by atoms with van der Waals surface area (Å²) in [4.78, 5) is 4.93. The monoisotopic (exact) mass is 673 g/mol. The van der Waals surface area contributed by atoms with E-state index in [2.05, 4.69) is 131 Å². The summed E-state index contributed by atoms with van der Waals surface area (Å²) in [5.41, 5.74) is 15.5. The molecule has 262 valence electrons. The summed E-state index contributed by atoms with van der Waals surface area (Å²) in [5.74, 6) is -1.74. The minimum absolute atomic E-state index is 0.0609. The van der Waals surface area contributed by atoms with Crippen LogP contribution in [0.1, 0.15) is 95.9 Å². The molecule has 0 saturated carbocycles. The molecular weight excluding hydrogens is 621 g/mol. The third-order valence-corrected chi connectivity index (χ3v) is 11.1. The van der Waals surface area contributed by atoms with Crippen LogP contribution in [0.15, 0.2) is 108 Å². The Balaban J connectivity index is 1.51. The van der Waals surface area contributed by atoms with Gasteiger partial charge in [-0.1, -0.05) is 115 Å². The lowest BCUT2D eigenvalue weighted by Gasteiger charge is -2.32. The van der Waals surface area contributed by atoms with Crippen LogP contribution in [0.5, 0.6) is 0 Å². The third-order valence-electron chi connectivity index (χ3n) is 11.1. The summed E-state index contributed by atoms with van der Waals surface area (Å²) in [7, 11) is 0. The smallest absolute Gasteiger partial charge is 0.167 e. The number of hydrogen-bond acceptors (Lipinski definition) is 3. The molecule has 1 unspecified atom stereocenters. The molecule has 3 aromatic rings. The zero-order valence-electron chi connectivity index (χ0n) is 30.8. The predicted molar refractivity (Wildman–Crippen MR) is 209 cm³/mol. The van der Waals surface area contributed by atoms with Crippen molar-refractivity contribution in [2.24, 2.45) is 5.73 Å². The fourth-order valence-electron chi connectivity index (χ4n) is 8.54. The van der Waals surface area contributed by atoms with E-state index in [1.54, 1.807) is 12.1 Å². The van der Waals surface area contributed by atoms with Gasteiger partial charge in [0.1, 0.15) is 0 Å². The standard InChI is InChI=1S/C45H53F2N3/c1-8-27-49-37-19-12-10-17-35(37)44(4,5)39(49)25-21-31-15-14-16-32(41(31)34-24-23-33(30(3)29-48)42(46)43(34)47)22-26-40-45(6,7)36-18-11-13-20-38(36)50(40)28-9-2/h10-13,17-26,39H,3,8-9,14-16,27-29,48H2,1-2,4-7H3/b25-21+,32-22+,40-26+. The Hall–Kier alpha value is -4.22. The van der Waals surface area contributed by atoms with Gasteiger partial charge in [0.05, 0.1) is 6.04 Å². The molecule has 2 heterocycles. The van der Waals surface area contributed by atoms with Crippen molar-refractivity contribution < 1.29 is 8.78 Å². The molecule has 3 aromatic carbocycles. The Morgan fingerprint density at radius 2 is 1.54 bits per heavy atom. The maximum absolute atomic E-state index is 16.3. The van der Waals surface area contributed by atoms with Gasteiger partial charge in [-0.15, -0.1) is 0 Å². The van der Waals surface area contributed by atoms with Gasteiger partial charge in [0.15, 0.2) is 11.6 Å². The van der Waals surface area contributed by atoms with Gasteiger partial charge in [0, 0.05) is 58.7 Å². The van der Waals surface area contributed by atoms with E-state index in [4.69, 9.17) is 5.73 Å². The number of fused-ring (bicyclic) bond motifs is 2. The maximum atomic E-state index is 16.3. The predicted octanol–water partition coefficient (Wildman–Crippen LogP) is 11.0. The Kier molecular flexibility index (Phi) is 10.1. The van der Waals surface area contributed by atoms with E-state index >= 15 is 8.78 Å². The van der Waals surface area contributed by atoms with Crippen molar-refractivity contribution in [1.29, 1.82) is 0 Å². The summed E-state index contributed by atoms with van der Waals surface area (Å²) >= 11 is 0. The fraction of sp³-hybridized carbons (Fsp3) is 0.378. The second kappa shape index (κ2) is 14.2. The number of anilines is 2. The van der Waals surface area contributed by atoms with Gasteiger partial charge in [0.25, 0.3) is 0 Å². The summed E-state index contributed by atoms with van der Waals surface area (Å²) in [6.07, 6.45) is 13.5. The Morgan fingerprint density at radius 1 is 0.860 bits per heavy atom. The zero-order valence-corrected chi connectivity index (χ0v) is 30.8. The van der Waals surface area contributed by atoms with E-state index in [0.717, 1.165) is 61.9 Å². The normalized spacial score (nSPS) is 21.1. The maximum Gasteiger partial charge on any atom is 0.167 e. The van der Waals surface area contributed by atoms with Crippen molar-refractivity contribution in [3.05, 3.63) is 142 Å². The van der Waals surface area contributed by atoms with Crippen molar-refractivity contribution in [3.8, 4) is 0 Å². The largest absolute Gasteiger partial charge is 0.364 e. The van der Waals surface area contributed by atoms with Gasteiger partial charge < -0.3 is 15.5 Å². The molecule has 0 saturated heterocycles. The van der Waals surface area contributed by atoms with Crippen LogP contribution in [0, 0.1) is 11.6 Å². The van der Waals surface area contributed by atoms with Crippen LogP contribution in [-0.2, 0) is 10.8 Å². The van der Waals surface area contributed by atoms with Crippen LogP contribution >= 0.6 is 0 Å². The van der Waals surface area contributed by atoms with Gasteiger partial charge >= 0.3 is 0 Å². The first kappa shape index (κ1) is 35.6. The van der Waals surface area contributed by atoms with Crippen LogP contribution in [0.4, 0.5) is 20.2 Å². The topological polar surface area (TPSA) is 32.5 Å². The van der Waals surface area contributed by atoms with Crippen molar-refractivity contribution in [2.75, 3.05) is 29.4 Å². The SMILES string of the molecule is C=C(CN)c1ccc(C2=C(/C=C/C3N(CCC)c4ccccc4C3(C)C)CCC/C2=C\C=C2\N(CCC)c3ccccc3C2(C)C)c(F)c1F. The highest BCUT2D eigenvalue weighted by Crippen LogP contribution is 2.49. The van der Waals surface area contributed by atoms with Crippen LogP contribution in [-0.4, -0.2) is 25.7 Å². The molecular formula is C45H53F2N3. The molecule has 2 aliphatic heterocycles. The summed E-state index contributed by atoms with van der Waals surface area (Å²) < 4.78 is 32.1. The average molecular weight is 674 g/mol. The minimum atomic E-state index is -0.889. The van der Waals surface area contributed by atoms with E-state index in [0.29, 0.717) is 11.1 Å². The van der Waals surface area contributed by atoms with Crippen LogP contribution in [0.25, 0.3) is 11.1 Å². The summed E-state index contributed by atoms with van der Waals surface area (Å²) in [6.45, 7) is 19.4. The van der Waals surface area contributed by atoms with Crippen LogP contribution in [0.2, 0.25) is 0 Å². The number of rotatable bonds is 10. The lowest BCUT2D eigenvalue weighted by Crippen LogP contribution is -2.40. The van der Waals surface area contributed by atoms with Crippen molar-refractivity contribution in [2.45, 2.75) is 90.5 Å². The van der Waals surface area contributed by atoms with Crippen molar-refractivity contribution in [1.82, 2.24) is 0 Å². The van der Waals surface area contributed by atoms with Crippen molar-refractivity contribution in [3.63, 3.8) is 0 Å². The van der Waals surface area contributed by atoms with E-state index < -0.39 is 11.6 Å². The zero-order chi connectivity index (χ0) is 35.8. The molecule has 1 aliphatic carbocycles. The summed E-state index contributed by atoms with van der Waals surface area (Å²) in [5, 5.41) is 0. The number of benzene rings is 3. The molecule has 0 bridgehead atoms. The van der Waals surface area contributed by atoms with E-state index in [1.807, 2.05) is 0 Å². The number of nitrogens with zero attached hydrogens (tertiary/aromatic N) is 2. The first-order valence-corrected chi connectivity index (χ1v) is 18.4. The fourth-order valence-corrected chi connectivity index (χ4v) is 8.54. The highest BCUT2D eigenvalue weighted by atomic mass is 19.2. The minimum Gasteiger partial charge on any atom is -0.364 e. The molecule has 0 spiro atoms. The molecule has 0 amide bonds. The van der Waals surface area contributed by atoms with Gasteiger partial charge in [0.2, 0.25) is 0 Å². The number of para-hydroxylation sites is 2. The molecule has 3 aliphatic rings. The van der Waals surface area contributed by atoms with Crippen LogP contribution in [0.3, 0.4) is 0 Å². The molecule has 3 nitrogen and oxygen atoms in total. The Morgan fingerprint density at radius 3 is 2.24 bits per heavy atom. The molecule has 0 fully saturated rings. The molecule has 6 rings (SSSR count). The van der Waals surface area contributed by atoms with Crippen molar-refractivity contribution >= 4 is 22.5 Å². The van der Waals surface area contributed by atoms with Gasteiger partial charge in [-0.05, 0) is 83.7 Å². The molecule has 5 heteroatoms. The third kappa shape index (κ3) is 6.08. The number of hydrogen-bond donors (Lipinski definition) is 1. The quantitative estimate of drug-likeness (QED) is 0.232. The van der Waals surface area contributed by atoms with Gasteiger partial charge in [-0.25, -0.2) is 8.78 Å². The number of nitrogens with two attached hydrogens (primary N) is 1. The Bertz CT molecular complexity index is 1910. The first-order chi connectivity index (χ1) is 24.0. The number of allylic oxidation sites excluding steroid dienone is 7. The Labute approximate surface area is 298 Å². The summed E-state index contributed by atoms with van der Waals surface area (Å²) in [6, 6.07) is 20.8. The lowest BCUT2D eigenvalue weighted by molar-refractivity contribution is 0.473. The highest BCUT2D eigenvalue weighted by Gasteiger charge is 2.43. The van der Waals surface area contributed by atoms with Gasteiger partial charge in [-0.3, -0.25) is 0 Å². The van der Waals surface area contributed by atoms with Gasteiger partial charge in [-0.2, -0.15) is 0 Å². The van der Waals surface area contributed by atoms with E-state index in [1.165, 1.54) is 28.2 Å². The average Bonchev–Trinajstić information content (AvgIpc) is 3.46. The molecule has 0 radical (unpaired) electrons. The number of halogens is 2. The molecule has 50 heavy (non-hydrogen) atoms. The molecule has 2 N–H and O–H groups in total. The van der Waals surface area contributed by atoms with E-state index in [9.17, 15) is 0 Å². The first-order valence-electron chi connectivity index (χ1n) is 18.4.